The van der Waals surface area contributed by atoms with Gasteiger partial charge in [0.05, 0.1) is 12.1 Å². The number of esters is 1. The molecule has 5 nitrogen and oxygen atoms in total. The Kier molecular flexibility index (Phi) is 4.37. The van der Waals surface area contributed by atoms with Crippen LogP contribution in [0.4, 0.5) is 15.9 Å². The number of aromatic nitrogens is 2. The van der Waals surface area contributed by atoms with Crippen LogP contribution in [0.2, 0.25) is 0 Å². The standard InChI is InChI=1S/C18H16FN3O2/c1-3-24-18(23)16-20-15-7-5-4-6-14(15)17(21-16)22(2)13-10-8-12(19)9-11-13/h4-11H,3H2,1-2H3. The highest BCUT2D eigenvalue weighted by atomic mass is 19.1. The van der Waals surface area contributed by atoms with E-state index in [0.29, 0.717) is 11.3 Å². The monoisotopic (exact) mass is 325 g/mol. The van der Waals surface area contributed by atoms with Gasteiger partial charge in [0, 0.05) is 18.1 Å². The molecule has 0 spiro atoms. The van der Waals surface area contributed by atoms with Crippen LogP contribution in [0.1, 0.15) is 17.5 Å². The van der Waals surface area contributed by atoms with Crippen LogP contribution in [-0.2, 0) is 4.74 Å². The first-order chi connectivity index (χ1) is 11.6. The number of benzene rings is 2. The first-order valence-electron chi connectivity index (χ1n) is 7.53. The van der Waals surface area contributed by atoms with Gasteiger partial charge in [0.25, 0.3) is 0 Å². The van der Waals surface area contributed by atoms with Crippen LogP contribution in [0, 0.1) is 5.82 Å². The number of carbonyl (C=O) groups is 1. The van der Waals surface area contributed by atoms with E-state index in [1.807, 2.05) is 24.3 Å². The highest BCUT2D eigenvalue weighted by Crippen LogP contribution is 2.28. The maximum absolute atomic E-state index is 13.2. The molecule has 0 fully saturated rings. The van der Waals surface area contributed by atoms with Gasteiger partial charge in [0.1, 0.15) is 11.6 Å². The Labute approximate surface area is 138 Å². The molecule has 0 atom stereocenters. The zero-order valence-electron chi connectivity index (χ0n) is 13.4. The molecule has 0 unspecified atom stereocenters. The van der Waals surface area contributed by atoms with Crippen LogP contribution in [0.3, 0.4) is 0 Å². The fourth-order valence-electron chi connectivity index (χ4n) is 2.39. The van der Waals surface area contributed by atoms with Gasteiger partial charge < -0.3 is 9.64 Å². The average molecular weight is 325 g/mol. The minimum atomic E-state index is -0.572. The molecule has 0 bridgehead atoms. The highest BCUT2D eigenvalue weighted by Gasteiger charge is 2.17. The molecule has 0 radical (unpaired) electrons. The molecule has 0 aliphatic carbocycles. The van der Waals surface area contributed by atoms with Crippen molar-refractivity contribution >= 4 is 28.4 Å². The van der Waals surface area contributed by atoms with E-state index in [1.165, 1.54) is 12.1 Å². The summed E-state index contributed by atoms with van der Waals surface area (Å²) in [5.74, 6) is -0.335. The molecular weight excluding hydrogens is 309 g/mol. The first-order valence-corrected chi connectivity index (χ1v) is 7.53. The largest absolute Gasteiger partial charge is 0.460 e. The van der Waals surface area contributed by atoms with Gasteiger partial charge in [0.15, 0.2) is 0 Å². The number of hydrogen-bond acceptors (Lipinski definition) is 5. The Hall–Kier alpha value is -3.02. The third-order valence-corrected chi connectivity index (χ3v) is 3.57. The van der Waals surface area contributed by atoms with Crippen LogP contribution in [-0.4, -0.2) is 29.6 Å². The Bertz CT molecular complexity index is 881. The van der Waals surface area contributed by atoms with Crippen molar-refractivity contribution in [2.45, 2.75) is 6.92 Å². The van der Waals surface area contributed by atoms with Gasteiger partial charge in [-0.15, -0.1) is 0 Å². The predicted molar refractivity (Wildman–Crippen MR) is 90.0 cm³/mol. The van der Waals surface area contributed by atoms with Crippen LogP contribution >= 0.6 is 0 Å². The van der Waals surface area contributed by atoms with Gasteiger partial charge in [-0.2, -0.15) is 0 Å². The number of para-hydroxylation sites is 1. The third kappa shape index (κ3) is 3.03. The smallest absolute Gasteiger partial charge is 0.376 e. The van der Waals surface area contributed by atoms with Crippen LogP contribution in [0.15, 0.2) is 48.5 Å². The maximum Gasteiger partial charge on any atom is 0.376 e. The molecule has 3 rings (SSSR count). The summed E-state index contributed by atoms with van der Waals surface area (Å²) < 4.78 is 18.2. The lowest BCUT2D eigenvalue weighted by atomic mass is 10.2. The van der Waals surface area contributed by atoms with Crippen molar-refractivity contribution in [2.24, 2.45) is 0 Å². The van der Waals surface area contributed by atoms with Crippen molar-refractivity contribution < 1.29 is 13.9 Å². The van der Waals surface area contributed by atoms with E-state index < -0.39 is 5.97 Å². The summed E-state index contributed by atoms with van der Waals surface area (Å²) in [5.41, 5.74) is 1.38. The summed E-state index contributed by atoms with van der Waals surface area (Å²) >= 11 is 0. The molecule has 1 aromatic heterocycles. The zero-order valence-corrected chi connectivity index (χ0v) is 13.4. The number of nitrogens with zero attached hydrogens (tertiary/aromatic N) is 3. The molecule has 0 aliphatic heterocycles. The molecule has 1 heterocycles. The van der Waals surface area contributed by atoms with E-state index >= 15 is 0 Å². The number of ether oxygens (including phenoxy) is 1. The first kappa shape index (κ1) is 15.9. The van der Waals surface area contributed by atoms with E-state index in [1.54, 1.807) is 31.0 Å². The molecule has 122 valence electrons. The van der Waals surface area contributed by atoms with Gasteiger partial charge in [-0.1, -0.05) is 12.1 Å². The van der Waals surface area contributed by atoms with Crippen LogP contribution < -0.4 is 4.90 Å². The van der Waals surface area contributed by atoms with Crippen LogP contribution in [0.25, 0.3) is 10.9 Å². The van der Waals surface area contributed by atoms with E-state index in [-0.39, 0.29) is 18.2 Å². The summed E-state index contributed by atoms with van der Waals surface area (Å²) in [6.07, 6.45) is 0. The third-order valence-electron chi connectivity index (χ3n) is 3.57. The minimum absolute atomic E-state index is 0.000452. The van der Waals surface area contributed by atoms with E-state index in [4.69, 9.17) is 4.74 Å². The number of carbonyl (C=O) groups excluding carboxylic acids is 1. The summed E-state index contributed by atoms with van der Waals surface area (Å²) in [6, 6.07) is 13.4. The molecule has 3 aromatic rings. The maximum atomic E-state index is 13.2. The van der Waals surface area contributed by atoms with Gasteiger partial charge in [-0.3, -0.25) is 0 Å². The average Bonchev–Trinajstić information content (AvgIpc) is 2.61. The Morgan fingerprint density at radius 2 is 1.83 bits per heavy atom. The second-order valence-corrected chi connectivity index (χ2v) is 5.14. The molecular formula is C18H16FN3O2. The molecule has 0 aliphatic rings. The van der Waals surface area contributed by atoms with Crippen molar-refractivity contribution in [3.63, 3.8) is 0 Å². The van der Waals surface area contributed by atoms with Gasteiger partial charge in [-0.05, 0) is 43.3 Å². The molecule has 6 heteroatoms. The van der Waals surface area contributed by atoms with Crippen molar-refractivity contribution in [2.75, 3.05) is 18.6 Å². The van der Waals surface area contributed by atoms with E-state index in [9.17, 15) is 9.18 Å². The minimum Gasteiger partial charge on any atom is -0.460 e. The lowest BCUT2D eigenvalue weighted by Crippen LogP contribution is -2.16. The topological polar surface area (TPSA) is 55.3 Å². The Balaban J connectivity index is 2.14. The number of halogens is 1. The quantitative estimate of drug-likeness (QED) is 0.684. The lowest BCUT2D eigenvalue weighted by Gasteiger charge is -2.20. The molecule has 0 saturated heterocycles. The summed E-state index contributed by atoms with van der Waals surface area (Å²) in [5, 5.41) is 0.789. The molecule has 0 N–H and O–H groups in total. The fraction of sp³-hybridized carbons (Fsp3) is 0.167. The highest BCUT2D eigenvalue weighted by molar-refractivity contribution is 5.95. The molecule has 0 saturated carbocycles. The zero-order chi connectivity index (χ0) is 17.1. The molecule has 0 amide bonds. The SMILES string of the molecule is CCOC(=O)c1nc(N(C)c2ccc(F)cc2)c2ccccc2n1. The van der Waals surface area contributed by atoms with Crippen molar-refractivity contribution in [3.05, 3.63) is 60.2 Å². The summed E-state index contributed by atoms with van der Waals surface area (Å²) in [4.78, 5) is 22.4. The lowest BCUT2D eigenvalue weighted by molar-refractivity contribution is 0.0512. The molecule has 24 heavy (non-hydrogen) atoms. The number of anilines is 2. The van der Waals surface area contributed by atoms with Gasteiger partial charge >= 0.3 is 5.97 Å². The predicted octanol–water partition coefficient (Wildman–Crippen LogP) is 3.71. The number of rotatable bonds is 4. The Morgan fingerprint density at radius 3 is 2.54 bits per heavy atom. The van der Waals surface area contributed by atoms with Crippen molar-refractivity contribution in [1.29, 1.82) is 0 Å². The van der Waals surface area contributed by atoms with Crippen molar-refractivity contribution in [3.8, 4) is 0 Å². The summed E-state index contributed by atoms with van der Waals surface area (Å²) in [7, 11) is 1.80. The van der Waals surface area contributed by atoms with E-state index in [2.05, 4.69) is 9.97 Å². The fourth-order valence-corrected chi connectivity index (χ4v) is 2.39. The van der Waals surface area contributed by atoms with Crippen LogP contribution in [0.5, 0.6) is 0 Å². The summed E-state index contributed by atoms with van der Waals surface area (Å²) in [6.45, 7) is 1.97. The second-order valence-electron chi connectivity index (χ2n) is 5.14. The van der Waals surface area contributed by atoms with Gasteiger partial charge in [0.2, 0.25) is 5.82 Å². The van der Waals surface area contributed by atoms with Crippen molar-refractivity contribution in [1.82, 2.24) is 9.97 Å². The normalized spacial score (nSPS) is 10.6. The number of hydrogen-bond donors (Lipinski definition) is 0. The number of fused-ring (bicyclic) bond motifs is 1. The second kappa shape index (κ2) is 6.62. The van der Waals surface area contributed by atoms with E-state index in [0.717, 1.165) is 11.1 Å². The van der Waals surface area contributed by atoms with Gasteiger partial charge in [-0.25, -0.2) is 19.2 Å². The molecule has 2 aromatic carbocycles. The Morgan fingerprint density at radius 1 is 1.12 bits per heavy atom.